The molecule has 2 rings (SSSR count). The second-order valence-electron chi connectivity index (χ2n) is 4.07. The molecule has 0 spiro atoms. The van der Waals surface area contributed by atoms with Crippen LogP contribution in [0.1, 0.15) is 5.56 Å². The Bertz CT molecular complexity index is 615. The fraction of sp³-hybridized carbons (Fsp3) is 0.143. The number of carbonyl (C=O) groups is 1. The van der Waals surface area contributed by atoms with Crippen molar-refractivity contribution in [3.63, 3.8) is 0 Å². The number of carbonyl (C=O) groups excluding carboxylic acids is 1. The summed E-state index contributed by atoms with van der Waals surface area (Å²) in [6, 6.07) is 7.85. The van der Waals surface area contributed by atoms with Gasteiger partial charge < -0.3 is 10.1 Å². The molecule has 110 valence electrons. The van der Waals surface area contributed by atoms with Crippen LogP contribution in [-0.4, -0.2) is 17.5 Å². The SMILES string of the molecule is O=C(COc1ccccc1C(F)(F)F)Nc1ccncc1. The highest BCUT2D eigenvalue weighted by atomic mass is 19.4. The number of hydrogen-bond donors (Lipinski definition) is 1. The molecule has 0 radical (unpaired) electrons. The summed E-state index contributed by atoms with van der Waals surface area (Å²) in [6.45, 7) is -0.518. The lowest BCUT2D eigenvalue weighted by Crippen LogP contribution is -2.21. The summed E-state index contributed by atoms with van der Waals surface area (Å²) in [4.78, 5) is 15.4. The fourth-order valence-electron chi connectivity index (χ4n) is 1.60. The zero-order chi connectivity index (χ0) is 15.3. The number of hydrogen-bond acceptors (Lipinski definition) is 3. The van der Waals surface area contributed by atoms with Gasteiger partial charge in [-0.25, -0.2) is 0 Å². The van der Waals surface area contributed by atoms with Crippen LogP contribution < -0.4 is 10.1 Å². The first-order chi connectivity index (χ1) is 9.97. The van der Waals surface area contributed by atoms with Crippen molar-refractivity contribution in [3.8, 4) is 5.75 Å². The second-order valence-corrected chi connectivity index (χ2v) is 4.07. The molecule has 0 saturated carbocycles. The van der Waals surface area contributed by atoms with Gasteiger partial charge in [-0.05, 0) is 24.3 Å². The number of alkyl halides is 3. The van der Waals surface area contributed by atoms with Crippen LogP contribution in [0.3, 0.4) is 0 Å². The van der Waals surface area contributed by atoms with E-state index in [1.54, 1.807) is 12.1 Å². The topological polar surface area (TPSA) is 51.2 Å². The molecule has 2 aromatic rings. The zero-order valence-corrected chi connectivity index (χ0v) is 10.7. The van der Waals surface area contributed by atoms with E-state index in [0.29, 0.717) is 5.69 Å². The van der Waals surface area contributed by atoms with Crippen molar-refractivity contribution in [2.24, 2.45) is 0 Å². The molecule has 0 aliphatic carbocycles. The van der Waals surface area contributed by atoms with Gasteiger partial charge in [0.15, 0.2) is 6.61 Å². The number of para-hydroxylation sites is 1. The minimum Gasteiger partial charge on any atom is -0.483 e. The molecule has 4 nitrogen and oxygen atoms in total. The lowest BCUT2D eigenvalue weighted by Gasteiger charge is -2.13. The van der Waals surface area contributed by atoms with Gasteiger partial charge in [-0.2, -0.15) is 13.2 Å². The number of nitrogens with zero attached hydrogens (tertiary/aromatic N) is 1. The molecule has 0 atom stereocenters. The number of pyridine rings is 1. The highest BCUT2D eigenvalue weighted by Gasteiger charge is 2.34. The van der Waals surface area contributed by atoms with Crippen molar-refractivity contribution in [1.29, 1.82) is 0 Å². The predicted octanol–water partition coefficient (Wildman–Crippen LogP) is 3.12. The summed E-state index contributed by atoms with van der Waals surface area (Å²) in [5.41, 5.74) is -0.426. The first-order valence-corrected chi connectivity index (χ1v) is 5.96. The number of amides is 1. The van der Waals surface area contributed by atoms with Gasteiger partial charge in [-0.1, -0.05) is 12.1 Å². The molecular formula is C14H11F3N2O2. The van der Waals surface area contributed by atoms with Crippen LogP contribution in [0, 0.1) is 0 Å². The van der Waals surface area contributed by atoms with Crippen LogP contribution >= 0.6 is 0 Å². The van der Waals surface area contributed by atoms with Gasteiger partial charge in [-0.15, -0.1) is 0 Å². The molecule has 1 amide bonds. The third-order valence-electron chi connectivity index (χ3n) is 2.52. The van der Waals surface area contributed by atoms with Crippen molar-refractivity contribution in [1.82, 2.24) is 4.98 Å². The van der Waals surface area contributed by atoms with E-state index < -0.39 is 24.3 Å². The highest BCUT2D eigenvalue weighted by molar-refractivity contribution is 5.91. The molecule has 1 aromatic heterocycles. The number of rotatable bonds is 4. The normalized spacial score (nSPS) is 11.0. The second kappa shape index (κ2) is 6.25. The Hall–Kier alpha value is -2.57. The van der Waals surface area contributed by atoms with Crippen LogP contribution in [0.2, 0.25) is 0 Å². The Morgan fingerprint density at radius 1 is 1.14 bits per heavy atom. The van der Waals surface area contributed by atoms with E-state index in [-0.39, 0.29) is 5.75 Å². The number of aromatic nitrogens is 1. The van der Waals surface area contributed by atoms with Crippen LogP contribution in [0.15, 0.2) is 48.8 Å². The molecule has 7 heteroatoms. The molecule has 0 saturated heterocycles. The van der Waals surface area contributed by atoms with Gasteiger partial charge in [0, 0.05) is 18.1 Å². The van der Waals surface area contributed by atoms with Crippen LogP contribution in [0.4, 0.5) is 18.9 Å². The third-order valence-corrected chi connectivity index (χ3v) is 2.52. The van der Waals surface area contributed by atoms with E-state index in [2.05, 4.69) is 10.3 Å². The molecule has 21 heavy (non-hydrogen) atoms. The maximum atomic E-state index is 12.7. The molecule has 0 bridgehead atoms. The number of ether oxygens (including phenoxy) is 1. The monoisotopic (exact) mass is 296 g/mol. The Labute approximate surface area is 118 Å². The van der Waals surface area contributed by atoms with Gasteiger partial charge in [0.25, 0.3) is 5.91 Å². The Morgan fingerprint density at radius 3 is 2.48 bits per heavy atom. The van der Waals surface area contributed by atoms with Gasteiger partial charge in [0.1, 0.15) is 5.75 Å². The summed E-state index contributed by atoms with van der Waals surface area (Å²) in [5, 5.41) is 2.49. The minimum atomic E-state index is -4.53. The van der Waals surface area contributed by atoms with E-state index in [9.17, 15) is 18.0 Å². The van der Waals surface area contributed by atoms with E-state index in [0.717, 1.165) is 6.07 Å². The zero-order valence-electron chi connectivity index (χ0n) is 10.7. The summed E-state index contributed by atoms with van der Waals surface area (Å²) in [6.07, 6.45) is -1.57. The average Bonchev–Trinajstić information content (AvgIpc) is 2.45. The van der Waals surface area contributed by atoms with E-state index in [1.165, 1.54) is 30.6 Å². The Kier molecular flexibility index (Phi) is 4.42. The largest absolute Gasteiger partial charge is 0.483 e. The maximum absolute atomic E-state index is 12.7. The number of nitrogens with one attached hydrogen (secondary N) is 1. The average molecular weight is 296 g/mol. The summed E-state index contributed by atoms with van der Waals surface area (Å²) in [5.74, 6) is -0.937. The van der Waals surface area contributed by atoms with Crippen molar-refractivity contribution in [2.75, 3.05) is 11.9 Å². The fourth-order valence-corrected chi connectivity index (χ4v) is 1.60. The van der Waals surface area contributed by atoms with Crippen molar-refractivity contribution >= 4 is 11.6 Å². The Balaban J connectivity index is 1.99. The molecule has 0 unspecified atom stereocenters. The smallest absolute Gasteiger partial charge is 0.419 e. The predicted molar refractivity (Wildman–Crippen MR) is 69.8 cm³/mol. The first kappa shape index (κ1) is 14.8. The highest BCUT2D eigenvalue weighted by Crippen LogP contribution is 2.35. The number of halogens is 3. The molecule has 0 aliphatic rings. The van der Waals surface area contributed by atoms with Gasteiger partial charge in [0.2, 0.25) is 0 Å². The van der Waals surface area contributed by atoms with Crippen molar-refractivity contribution < 1.29 is 22.7 Å². The van der Waals surface area contributed by atoms with E-state index in [4.69, 9.17) is 4.74 Å². The van der Waals surface area contributed by atoms with Crippen molar-refractivity contribution in [2.45, 2.75) is 6.18 Å². The van der Waals surface area contributed by atoms with Crippen LogP contribution in [0.25, 0.3) is 0 Å². The molecule has 1 N–H and O–H groups in total. The molecule has 1 heterocycles. The molecule has 0 fully saturated rings. The van der Waals surface area contributed by atoms with Crippen LogP contribution in [-0.2, 0) is 11.0 Å². The maximum Gasteiger partial charge on any atom is 0.419 e. The van der Waals surface area contributed by atoms with E-state index >= 15 is 0 Å². The van der Waals surface area contributed by atoms with Gasteiger partial charge >= 0.3 is 6.18 Å². The lowest BCUT2D eigenvalue weighted by atomic mass is 10.2. The minimum absolute atomic E-state index is 0.380. The number of benzene rings is 1. The molecule has 1 aromatic carbocycles. The van der Waals surface area contributed by atoms with E-state index in [1.807, 2.05) is 0 Å². The standard InChI is InChI=1S/C14H11F3N2O2/c15-14(16,17)11-3-1-2-4-12(11)21-9-13(20)19-10-5-7-18-8-6-10/h1-8H,9H2,(H,18,19,20). The van der Waals surface area contributed by atoms with Crippen molar-refractivity contribution in [3.05, 3.63) is 54.4 Å². The quantitative estimate of drug-likeness (QED) is 0.943. The lowest BCUT2D eigenvalue weighted by molar-refractivity contribution is -0.139. The third kappa shape index (κ3) is 4.20. The summed E-state index contributed by atoms with van der Waals surface area (Å²) >= 11 is 0. The molecular weight excluding hydrogens is 285 g/mol. The summed E-state index contributed by atoms with van der Waals surface area (Å²) in [7, 11) is 0. The first-order valence-electron chi connectivity index (χ1n) is 5.96. The Morgan fingerprint density at radius 2 is 1.81 bits per heavy atom. The number of anilines is 1. The van der Waals surface area contributed by atoms with Gasteiger partial charge in [-0.3, -0.25) is 9.78 Å². The molecule has 0 aliphatic heterocycles. The van der Waals surface area contributed by atoms with Gasteiger partial charge in [0.05, 0.1) is 5.56 Å². The van der Waals surface area contributed by atoms with Crippen LogP contribution in [0.5, 0.6) is 5.75 Å². The summed E-state index contributed by atoms with van der Waals surface area (Å²) < 4.78 is 43.1.